The van der Waals surface area contributed by atoms with Gasteiger partial charge >= 0.3 is 0 Å². The molecule has 0 spiro atoms. The summed E-state index contributed by atoms with van der Waals surface area (Å²) in [4.78, 5) is 0. The maximum absolute atomic E-state index is 10.8. The number of benzene rings is 4. The van der Waals surface area contributed by atoms with Gasteiger partial charge in [-0.1, -0.05) is 91.0 Å². The molecule has 0 aliphatic carbocycles. The van der Waals surface area contributed by atoms with Gasteiger partial charge in [-0.2, -0.15) is 0 Å². The molecular formula is C28H29NO2. The minimum atomic E-state index is -0.633. The van der Waals surface area contributed by atoms with Gasteiger partial charge in [-0.3, -0.25) is 0 Å². The van der Waals surface area contributed by atoms with Crippen molar-refractivity contribution in [3.63, 3.8) is 0 Å². The molecule has 0 fully saturated rings. The molecule has 0 aliphatic rings. The molecule has 4 rings (SSSR count). The van der Waals surface area contributed by atoms with Crippen LogP contribution in [-0.2, 0) is 13.0 Å². The topological polar surface area (TPSA) is 41.5 Å². The van der Waals surface area contributed by atoms with E-state index in [-0.39, 0.29) is 6.04 Å². The molecule has 2 atom stereocenters. The van der Waals surface area contributed by atoms with Crippen molar-refractivity contribution >= 4 is 10.8 Å². The Morgan fingerprint density at radius 3 is 2.32 bits per heavy atom. The second-order valence-corrected chi connectivity index (χ2v) is 8.02. The molecule has 0 bridgehead atoms. The van der Waals surface area contributed by atoms with Gasteiger partial charge in [0.05, 0.1) is 6.10 Å². The average molecular weight is 412 g/mol. The van der Waals surface area contributed by atoms with Gasteiger partial charge in [-0.25, -0.2) is 0 Å². The smallest absolute Gasteiger partial charge is 0.125 e. The Bertz CT molecular complexity index is 1110. The summed E-state index contributed by atoms with van der Waals surface area (Å²) in [5.41, 5.74) is 3.21. The maximum atomic E-state index is 10.8. The predicted octanol–water partition coefficient (Wildman–Crippen LogP) is 5.67. The van der Waals surface area contributed by atoms with Crippen LogP contribution >= 0.6 is 0 Å². The number of aliphatic hydroxyl groups is 1. The first-order valence-electron chi connectivity index (χ1n) is 10.8. The van der Waals surface area contributed by atoms with E-state index in [0.717, 1.165) is 23.3 Å². The van der Waals surface area contributed by atoms with Crippen molar-refractivity contribution in [2.24, 2.45) is 0 Å². The van der Waals surface area contributed by atoms with Crippen molar-refractivity contribution < 1.29 is 9.84 Å². The largest absolute Gasteiger partial charge is 0.489 e. The highest BCUT2D eigenvalue weighted by Crippen LogP contribution is 2.26. The summed E-state index contributed by atoms with van der Waals surface area (Å²) >= 11 is 0. The van der Waals surface area contributed by atoms with Crippen molar-refractivity contribution in [1.29, 1.82) is 0 Å². The fourth-order valence-corrected chi connectivity index (χ4v) is 3.84. The number of fused-ring (bicyclic) bond motifs is 1. The summed E-state index contributed by atoms with van der Waals surface area (Å²) < 4.78 is 6.00. The Morgan fingerprint density at radius 1 is 0.774 bits per heavy atom. The van der Waals surface area contributed by atoms with Gasteiger partial charge in [0.25, 0.3) is 0 Å². The molecule has 0 aromatic heterocycles. The van der Waals surface area contributed by atoms with Gasteiger partial charge in [0.1, 0.15) is 12.4 Å². The van der Waals surface area contributed by atoms with Gasteiger partial charge in [-0.15, -0.1) is 0 Å². The second-order valence-electron chi connectivity index (χ2n) is 8.02. The number of rotatable bonds is 9. The SMILES string of the molecule is CC(Cc1ccc2ccccc2c1)NCC(O)c1ccccc1OCc1ccccc1. The lowest BCUT2D eigenvalue weighted by molar-refractivity contribution is 0.163. The lowest BCUT2D eigenvalue weighted by Gasteiger charge is -2.20. The molecule has 0 radical (unpaired) electrons. The predicted molar refractivity (Wildman–Crippen MR) is 127 cm³/mol. The monoisotopic (exact) mass is 411 g/mol. The first kappa shape index (κ1) is 21.1. The Hall–Kier alpha value is -3.14. The third-order valence-electron chi connectivity index (χ3n) is 5.53. The maximum Gasteiger partial charge on any atom is 0.125 e. The molecule has 4 aromatic carbocycles. The fraction of sp³-hybridized carbons (Fsp3) is 0.214. The summed E-state index contributed by atoms with van der Waals surface area (Å²) in [6, 6.07) is 33.1. The van der Waals surface area contributed by atoms with E-state index >= 15 is 0 Å². The molecule has 31 heavy (non-hydrogen) atoms. The van der Waals surface area contributed by atoms with Crippen LogP contribution in [0.25, 0.3) is 10.8 Å². The Labute approximate surface area is 184 Å². The first-order chi connectivity index (χ1) is 15.2. The molecule has 2 N–H and O–H groups in total. The van der Waals surface area contributed by atoms with Crippen LogP contribution in [0.2, 0.25) is 0 Å². The van der Waals surface area contributed by atoms with Crippen molar-refractivity contribution in [2.75, 3.05) is 6.54 Å². The molecule has 0 aliphatic heterocycles. The van der Waals surface area contributed by atoms with E-state index in [1.807, 2.05) is 54.6 Å². The Morgan fingerprint density at radius 2 is 1.48 bits per heavy atom. The lowest BCUT2D eigenvalue weighted by atomic mass is 10.0. The summed E-state index contributed by atoms with van der Waals surface area (Å²) in [6.45, 7) is 3.11. The molecule has 0 heterocycles. The Kier molecular flexibility index (Phi) is 6.98. The van der Waals surface area contributed by atoms with E-state index in [0.29, 0.717) is 13.2 Å². The van der Waals surface area contributed by atoms with Gasteiger partial charge < -0.3 is 15.2 Å². The van der Waals surface area contributed by atoms with Crippen molar-refractivity contribution in [3.8, 4) is 5.75 Å². The third kappa shape index (κ3) is 5.72. The zero-order valence-electron chi connectivity index (χ0n) is 17.9. The highest BCUT2D eigenvalue weighted by atomic mass is 16.5. The van der Waals surface area contributed by atoms with Gasteiger partial charge in [0, 0.05) is 18.2 Å². The van der Waals surface area contributed by atoms with Crippen LogP contribution in [0.3, 0.4) is 0 Å². The van der Waals surface area contributed by atoms with Gasteiger partial charge in [0.2, 0.25) is 0 Å². The van der Waals surface area contributed by atoms with Crippen LogP contribution in [0.5, 0.6) is 5.75 Å². The lowest BCUT2D eigenvalue weighted by Crippen LogP contribution is -2.32. The minimum absolute atomic E-state index is 0.244. The van der Waals surface area contributed by atoms with E-state index in [1.165, 1.54) is 16.3 Å². The van der Waals surface area contributed by atoms with Gasteiger partial charge in [-0.05, 0) is 41.3 Å². The molecule has 3 heteroatoms. The van der Waals surface area contributed by atoms with Crippen LogP contribution in [0.15, 0.2) is 97.1 Å². The normalized spacial score (nSPS) is 13.1. The van der Waals surface area contributed by atoms with Crippen LogP contribution in [0.4, 0.5) is 0 Å². The molecule has 0 saturated carbocycles. The van der Waals surface area contributed by atoms with E-state index in [1.54, 1.807) is 0 Å². The summed E-state index contributed by atoms with van der Waals surface area (Å²) in [5.74, 6) is 0.725. The Balaban J connectivity index is 1.34. The third-order valence-corrected chi connectivity index (χ3v) is 5.53. The van der Waals surface area contributed by atoms with Crippen molar-refractivity contribution in [1.82, 2.24) is 5.32 Å². The highest BCUT2D eigenvalue weighted by Gasteiger charge is 2.15. The molecule has 158 valence electrons. The molecule has 3 nitrogen and oxygen atoms in total. The highest BCUT2D eigenvalue weighted by molar-refractivity contribution is 5.83. The van der Waals surface area contributed by atoms with Gasteiger partial charge in [0.15, 0.2) is 0 Å². The number of nitrogens with one attached hydrogen (secondary N) is 1. The standard InChI is InChI=1S/C28H29NO2/c1-21(17-23-15-16-24-11-5-6-12-25(24)18-23)29-19-27(30)26-13-7-8-14-28(26)31-20-22-9-3-2-4-10-22/h2-16,18,21,27,29-30H,17,19-20H2,1H3. The van der Waals surface area contributed by atoms with E-state index < -0.39 is 6.10 Å². The molecule has 0 saturated heterocycles. The fourth-order valence-electron chi connectivity index (χ4n) is 3.84. The zero-order valence-corrected chi connectivity index (χ0v) is 17.9. The van der Waals surface area contributed by atoms with Crippen molar-refractivity contribution in [3.05, 3.63) is 114 Å². The van der Waals surface area contributed by atoms with Crippen molar-refractivity contribution in [2.45, 2.75) is 32.1 Å². The molecule has 0 amide bonds. The summed E-state index contributed by atoms with van der Waals surface area (Å²) in [7, 11) is 0. The van der Waals surface area contributed by atoms with E-state index in [4.69, 9.17) is 4.74 Å². The van der Waals surface area contributed by atoms with Crippen LogP contribution < -0.4 is 10.1 Å². The number of aliphatic hydroxyl groups excluding tert-OH is 1. The molecule has 2 unspecified atom stereocenters. The molecular weight excluding hydrogens is 382 g/mol. The molecule has 4 aromatic rings. The number of para-hydroxylation sites is 1. The number of hydrogen-bond acceptors (Lipinski definition) is 3. The number of hydrogen-bond donors (Lipinski definition) is 2. The summed E-state index contributed by atoms with van der Waals surface area (Å²) in [6.07, 6.45) is 0.273. The second kappa shape index (κ2) is 10.3. The average Bonchev–Trinajstić information content (AvgIpc) is 2.82. The minimum Gasteiger partial charge on any atom is -0.489 e. The quantitative estimate of drug-likeness (QED) is 0.373. The van der Waals surface area contributed by atoms with Crippen LogP contribution in [0, 0.1) is 0 Å². The van der Waals surface area contributed by atoms with E-state index in [2.05, 4.69) is 54.7 Å². The first-order valence-corrected chi connectivity index (χ1v) is 10.8. The van der Waals surface area contributed by atoms with Crippen LogP contribution in [-0.4, -0.2) is 17.7 Å². The zero-order chi connectivity index (χ0) is 21.5. The summed E-state index contributed by atoms with van der Waals surface area (Å²) in [5, 5.41) is 16.8. The number of ether oxygens (including phenoxy) is 1. The van der Waals surface area contributed by atoms with Crippen LogP contribution in [0.1, 0.15) is 29.7 Å². The van der Waals surface area contributed by atoms with E-state index in [9.17, 15) is 5.11 Å².